The molecule has 0 radical (unpaired) electrons. The minimum atomic E-state index is 0.0286. The van der Waals surface area contributed by atoms with Crippen LogP contribution in [0.5, 0.6) is 0 Å². The van der Waals surface area contributed by atoms with Crippen molar-refractivity contribution in [3.8, 4) is 0 Å². The van der Waals surface area contributed by atoms with Crippen molar-refractivity contribution in [3.63, 3.8) is 0 Å². The zero-order valence-electron chi connectivity index (χ0n) is 9.01. The average Bonchev–Trinajstić information content (AvgIpc) is 2.18. The van der Waals surface area contributed by atoms with Gasteiger partial charge >= 0.3 is 0 Å². The Morgan fingerprint density at radius 2 is 2.43 bits per heavy atom. The maximum absolute atomic E-state index is 11.6. The Morgan fingerprint density at radius 3 is 3.00 bits per heavy atom. The van der Waals surface area contributed by atoms with Crippen LogP contribution in [0.25, 0.3) is 0 Å². The van der Waals surface area contributed by atoms with E-state index in [9.17, 15) is 4.79 Å². The molecule has 82 valence electrons. The first-order valence-corrected chi connectivity index (χ1v) is 6.44. The number of carbonyl (C=O) groups excluding carboxylic acids is 1. The summed E-state index contributed by atoms with van der Waals surface area (Å²) < 4.78 is 0. The van der Waals surface area contributed by atoms with Gasteiger partial charge in [0.2, 0.25) is 5.91 Å². The van der Waals surface area contributed by atoms with Gasteiger partial charge in [0.1, 0.15) is 0 Å². The minimum absolute atomic E-state index is 0.0286. The molecular formula is C10H20N2OS. The maximum atomic E-state index is 11.6. The average molecular weight is 216 g/mol. The van der Waals surface area contributed by atoms with Crippen LogP contribution in [-0.2, 0) is 4.79 Å². The highest BCUT2D eigenvalue weighted by Crippen LogP contribution is 2.07. The van der Waals surface area contributed by atoms with E-state index in [2.05, 4.69) is 24.5 Å². The Bertz CT molecular complexity index is 179. The Hall–Kier alpha value is -0.220. The van der Waals surface area contributed by atoms with Gasteiger partial charge in [0.05, 0.1) is 6.04 Å². The second-order valence-electron chi connectivity index (χ2n) is 4.06. The third kappa shape index (κ3) is 4.33. The largest absolute Gasteiger partial charge is 0.355 e. The summed E-state index contributed by atoms with van der Waals surface area (Å²) in [6.07, 6.45) is 1.06. The zero-order chi connectivity index (χ0) is 10.4. The molecule has 0 spiro atoms. The number of hydrogen-bond acceptors (Lipinski definition) is 3. The Balaban J connectivity index is 2.13. The Labute approximate surface area is 90.4 Å². The molecule has 14 heavy (non-hydrogen) atoms. The number of carbonyl (C=O) groups is 1. The van der Waals surface area contributed by atoms with E-state index in [1.807, 2.05) is 11.8 Å². The van der Waals surface area contributed by atoms with Gasteiger partial charge in [-0.25, -0.2) is 0 Å². The third-order valence-corrected chi connectivity index (χ3v) is 3.32. The van der Waals surface area contributed by atoms with Crippen LogP contribution in [0, 0.1) is 5.92 Å². The summed E-state index contributed by atoms with van der Waals surface area (Å²) >= 11 is 1.85. The van der Waals surface area contributed by atoms with Crippen LogP contribution in [0.15, 0.2) is 0 Å². The van der Waals surface area contributed by atoms with Gasteiger partial charge in [-0.05, 0) is 12.3 Å². The topological polar surface area (TPSA) is 41.1 Å². The van der Waals surface area contributed by atoms with Crippen molar-refractivity contribution in [1.29, 1.82) is 0 Å². The summed E-state index contributed by atoms with van der Waals surface area (Å²) in [7, 11) is 0. The lowest BCUT2D eigenvalue weighted by Gasteiger charge is -2.22. The second-order valence-corrected chi connectivity index (χ2v) is 5.21. The highest BCUT2D eigenvalue weighted by atomic mass is 32.2. The number of amides is 1. The van der Waals surface area contributed by atoms with Crippen molar-refractivity contribution < 1.29 is 4.79 Å². The smallest absolute Gasteiger partial charge is 0.237 e. The van der Waals surface area contributed by atoms with E-state index in [0.717, 1.165) is 31.0 Å². The fraction of sp³-hybridized carbons (Fsp3) is 0.900. The van der Waals surface area contributed by atoms with Crippen LogP contribution in [-0.4, -0.2) is 36.5 Å². The fourth-order valence-corrected chi connectivity index (χ4v) is 2.27. The quantitative estimate of drug-likeness (QED) is 0.732. The molecule has 1 aliphatic rings. The maximum Gasteiger partial charge on any atom is 0.237 e. The molecule has 1 rings (SSSR count). The molecule has 0 aromatic rings. The summed E-state index contributed by atoms with van der Waals surface area (Å²) in [6, 6.07) is 0.0286. The normalized spacial score (nSPS) is 22.4. The van der Waals surface area contributed by atoms with Crippen molar-refractivity contribution >= 4 is 17.7 Å². The molecule has 1 heterocycles. The highest BCUT2D eigenvalue weighted by molar-refractivity contribution is 7.99. The predicted octanol–water partition coefficient (Wildman–Crippen LogP) is 0.854. The predicted molar refractivity (Wildman–Crippen MR) is 61.6 cm³/mol. The minimum Gasteiger partial charge on any atom is -0.355 e. The summed E-state index contributed by atoms with van der Waals surface area (Å²) in [6.45, 7) is 6.09. The summed E-state index contributed by atoms with van der Waals surface area (Å²) in [5, 5.41) is 6.19. The molecule has 0 saturated carbocycles. The van der Waals surface area contributed by atoms with Crippen molar-refractivity contribution in [2.24, 2.45) is 5.92 Å². The van der Waals surface area contributed by atoms with Gasteiger partial charge < -0.3 is 10.6 Å². The summed E-state index contributed by atoms with van der Waals surface area (Å²) in [4.78, 5) is 11.6. The molecule has 3 nitrogen and oxygen atoms in total. The molecule has 1 aliphatic heterocycles. The summed E-state index contributed by atoms with van der Waals surface area (Å²) in [5.74, 6) is 2.85. The first-order chi connectivity index (χ1) is 6.70. The lowest BCUT2D eigenvalue weighted by Crippen LogP contribution is -2.49. The van der Waals surface area contributed by atoms with Gasteiger partial charge in [0.15, 0.2) is 0 Å². The number of thioether (sulfide) groups is 1. The van der Waals surface area contributed by atoms with E-state index in [1.165, 1.54) is 0 Å². The van der Waals surface area contributed by atoms with Crippen molar-refractivity contribution in [2.45, 2.75) is 26.3 Å². The fourth-order valence-electron chi connectivity index (χ4n) is 1.34. The first-order valence-electron chi connectivity index (χ1n) is 5.29. The third-order valence-electron chi connectivity index (χ3n) is 2.26. The van der Waals surface area contributed by atoms with E-state index in [1.54, 1.807) is 0 Å². The molecule has 0 bridgehead atoms. The SMILES string of the molecule is CC(C)CCNC(=O)C1CSCCN1. The molecule has 2 N–H and O–H groups in total. The van der Waals surface area contributed by atoms with Crippen LogP contribution in [0.4, 0.5) is 0 Å². The van der Waals surface area contributed by atoms with Crippen molar-refractivity contribution in [2.75, 3.05) is 24.6 Å². The molecule has 1 unspecified atom stereocenters. The molecule has 1 atom stereocenters. The van der Waals surface area contributed by atoms with Crippen molar-refractivity contribution in [3.05, 3.63) is 0 Å². The molecule has 0 aliphatic carbocycles. The van der Waals surface area contributed by atoms with Crippen LogP contribution < -0.4 is 10.6 Å². The summed E-state index contributed by atoms with van der Waals surface area (Å²) in [5.41, 5.74) is 0. The molecule has 1 fully saturated rings. The van der Waals surface area contributed by atoms with Gasteiger partial charge in [-0.15, -0.1) is 0 Å². The zero-order valence-corrected chi connectivity index (χ0v) is 9.82. The van der Waals surface area contributed by atoms with Crippen molar-refractivity contribution in [1.82, 2.24) is 10.6 Å². The molecular weight excluding hydrogens is 196 g/mol. The lowest BCUT2D eigenvalue weighted by atomic mass is 10.1. The van der Waals surface area contributed by atoms with Crippen LogP contribution in [0.3, 0.4) is 0 Å². The molecule has 4 heteroatoms. The molecule has 0 aromatic heterocycles. The van der Waals surface area contributed by atoms with E-state index in [-0.39, 0.29) is 11.9 Å². The number of nitrogens with one attached hydrogen (secondary N) is 2. The monoisotopic (exact) mass is 216 g/mol. The molecule has 1 amide bonds. The molecule has 0 aromatic carbocycles. The van der Waals surface area contributed by atoms with Crippen LogP contribution >= 0.6 is 11.8 Å². The molecule has 1 saturated heterocycles. The van der Waals surface area contributed by atoms with E-state index in [0.29, 0.717) is 5.92 Å². The lowest BCUT2D eigenvalue weighted by molar-refractivity contribution is -0.122. The van der Waals surface area contributed by atoms with E-state index >= 15 is 0 Å². The highest BCUT2D eigenvalue weighted by Gasteiger charge is 2.19. The van der Waals surface area contributed by atoms with E-state index < -0.39 is 0 Å². The van der Waals surface area contributed by atoms with E-state index in [4.69, 9.17) is 0 Å². The van der Waals surface area contributed by atoms with Gasteiger partial charge in [-0.2, -0.15) is 11.8 Å². The second kappa shape index (κ2) is 6.30. The Morgan fingerprint density at radius 1 is 1.64 bits per heavy atom. The number of hydrogen-bond donors (Lipinski definition) is 2. The Kier molecular flexibility index (Phi) is 5.33. The van der Waals surface area contributed by atoms with Gasteiger partial charge in [-0.3, -0.25) is 4.79 Å². The van der Waals surface area contributed by atoms with Gasteiger partial charge in [0, 0.05) is 24.6 Å². The standard InChI is InChI=1S/C10H20N2OS/c1-8(2)3-4-12-10(13)9-7-14-6-5-11-9/h8-9,11H,3-7H2,1-2H3,(H,12,13). The number of rotatable bonds is 4. The van der Waals surface area contributed by atoms with Crippen LogP contribution in [0.2, 0.25) is 0 Å². The van der Waals surface area contributed by atoms with Gasteiger partial charge in [-0.1, -0.05) is 13.8 Å². The van der Waals surface area contributed by atoms with Gasteiger partial charge in [0.25, 0.3) is 0 Å². The van der Waals surface area contributed by atoms with Crippen LogP contribution in [0.1, 0.15) is 20.3 Å². The first kappa shape index (κ1) is 11.9.